The summed E-state index contributed by atoms with van der Waals surface area (Å²) >= 11 is 9.23. The third-order valence-electron chi connectivity index (χ3n) is 3.41. The highest BCUT2D eigenvalue weighted by Crippen LogP contribution is 2.19. The average Bonchev–Trinajstić information content (AvgIpc) is 2.64. The van der Waals surface area contributed by atoms with E-state index in [1.54, 1.807) is 42.9 Å². The number of rotatable bonds is 5. The van der Waals surface area contributed by atoms with Crippen LogP contribution in [0.4, 0.5) is 5.69 Å². The number of halogens is 2. The molecule has 1 unspecified atom stereocenters. The summed E-state index contributed by atoms with van der Waals surface area (Å²) in [6, 6.07) is 14.4. The minimum atomic E-state index is -0.465. The molecule has 25 heavy (non-hydrogen) atoms. The Labute approximate surface area is 158 Å². The van der Waals surface area contributed by atoms with Gasteiger partial charge >= 0.3 is 0 Å². The lowest BCUT2D eigenvalue weighted by atomic mass is 10.2. The van der Waals surface area contributed by atoms with Gasteiger partial charge in [-0.2, -0.15) is 0 Å². The van der Waals surface area contributed by atoms with Crippen LogP contribution in [0.2, 0.25) is 5.02 Å². The van der Waals surface area contributed by atoms with Crippen LogP contribution in [0.1, 0.15) is 22.2 Å². The van der Waals surface area contributed by atoms with Crippen molar-refractivity contribution >= 4 is 39.1 Å². The summed E-state index contributed by atoms with van der Waals surface area (Å²) < 4.78 is 0.812. The van der Waals surface area contributed by atoms with E-state index in [1.165, 1.54) is 0 Å². The highest BCUT2D eigenvalue weighted by atomic mass is 79.9. The van der Waals surface area contributed by atoms with Crippen molar-refractivity contribution in [3.8, 4) is 0 Å². The number of hydrogen-bond acceptors (Lipinski definition) is 4. The van der Waals surface area contributed by atoms with Crippen molar-refractivity contribution in [3.05, 3.63) is 87.9 Å². The molecule has 0 radical (unpaired) electrons. The van der Waals surface area contributed by atoms with Crippen LogP contribution >= 0.6 is 27.5 Å². The molecule has 0 saturated carbocycles. The third-order valence-corrected chi connectivity index (χ3v) is 4.13. The third kappa shape index (κ3) is 4.78. The van der Waals surface area contributed by atoms with Gasteiger partial charge in [-0.05, 0) is 58.4 Å². The van der Waals surface area contributed by atoms with Crippen LogP contribution in [0, 0.1) is 0 Å². The minimum absolute atomic E-state index is 0.289. The number of aromatic nitrogens is 2. The molecule has 126 valence electrons. The number of nitrogens with one attached hydrogen (secondary N) is 2. The first-order valence-electron chi connectivity index (χ1n) is 7.46. The molecule has 0 aliphatic heterocycles. The lowest BCUT2D eigenvalue weighted by molar-refractivity contribution is 0.0936. The van der Waals surface area contributed by atoms with E-state index in [4.69, 9.17) is 11.6 Å². The summed E-state index contributed by atoms with van der Waals surface area (Å²) in [7, 11) is 0. The van der Waals surface area contributed by atoms with E-state index in [0.29, 0.717) is 10.7 Å². The number of carbonyl (C=O) groups is 1. The normalized spacial score (nSPS) is 11.6. The van der Waals surface area contributed by atoms with Crippen molar-refractivity contribution in [2.24, 2.45) is 0 Å². The lowest BCUT2D eigenvalue weighted by Gasteiger charge is -2.21. The fraction of sp³-hybridized carbons (Fsp3) is 0.0556. The second kappa shape index (κ2) is 8.09. The summed E-state index contributed by atoms with van der Waals surface area (Å²) in [6.45, 7) is 0. The summed E-state index contributed by atoms with van der Waals surface area (Å²) in [4.78, 5) is 20.8. The topological polar surface area (TPSA) is 66.9 Å². The van der Waals surface area contributed by atoms with E-state index < -0.39 is 6.17 Å². The van der Waals surface area contributed by atoms with Gasteiger partial charge in [-0.3, -0.25) is 9.78 Å². The Morgan fingerprint density at radius 2 is 1.88 bits per heavy atom. The first-order valence-corrected chi connectivity index (χ1v) is 8.63. The van der Waals surface area contributed by atoms with Gasteiger partial charge in [-0.1, -0.05) is 17.7 Å². The number of carbonyl (C=O) groups excluding carboxylic acids is 1. The van der Waals surface area contributed by atoms with Crippen LogP contribution in [0.3, 0.4) is 0 Å². The van der Waals surface area contributed by atoms with Crippen LogP contribution in [0.5, 0.6) is 0 Å². The molecule has 2 N–H and O–H groups in total. The fourth-order valence-electron chi connectivity index (χ4n) is 2.18. The maximum atomic E-state index is 12.5. The van der Waals surface area contributed by atoms with E-state index in [9.17, 15) is 4.79 Å². The Balaban J connectivity index is 1.82. The molecule has 2 heterocycles. The molecule has 1 aromatic carbocycles. The zero-order chi connectivity index (χ0) is 17.6. The Morgan fingerprint density at radius 1 is 1.08 bits per heavy atom. The predicted molar refractivity (Wildman–Crippen MR) is 101 cm³/mol. The quantitative estimate of drug-likeness (QED) is 0.603. The number of nitrogens with zero attached hydrogens (tertiary/aromatic N) is 2. The average molecular weight is 418 g/mol. The molecule has 0 aliphatic carbocycles. The zero-order valence-corrected chi connectivity index (χ0v) is 15.3. The molecule has 0 bridgehead atoms. The molecule has 1 atom stereocenters. The van der Waals surface area contributed by atoms with Crippen LogP contribution in [-0.2, 0) is 0 Å². The van der Waals surface area contributed by atoms with Gasteiger partial charge in [0, 0.05) is 39.3 Å². The number of anilines is 1. The standard InChI is InChI=1S/C18H14BrClN4O/c19-13-3-8-16(22-11-13)18(25)24-17(12-2-1-9-21-10-12)23-15-6-4-14(20)5-7-15/h1-11,17,23H,(H,24,25). The first-order chi connectivity index (χ1) is 12.1. The van der Waals surface area contributed by atoms with Gasteiger partial charge in [0.1, 0.15) is 11.9 Å². The van der Waals surface area contributed by atoms with Crippen LogP contribution in [0.15, 0.2) is 71.6 Å². The molecule has 5 nitrogen and oxygen atoms in total. The molecule has 7 heteroatoms. The van der Waals surface area contributed by atoms with Crippen LogP contribution in [-0.4, -0.2) is 15.9 Å². The smallest absolute Gasteiger partial charge is 0.271 e. The molecular formula is C18H14BrClN4O. The Kier molecular flexibility index (Phi) is 5.63. The number of pyridine rings is 2. The molecule has 3 rings (SSSR count). The van der Waals surface area contributed by atoms with Crippen molar-refractivity contribution in [2.75, 3.05) is 5.32 Å². The van der Waals surface area contributed by atoms with Gasteiger partial charge in [0.15, 0.2) is 0 Å². The van der Waals surface area contributed by atoms with Gasteiger partial charge in [0.2, 0.25) is 0 Å². The van der Waals surface area contributed by atoms with Gasteiger partial charge in [-0.25, -0.2) is 4.98 Å². The number of amides is 1. The molecule has 3 aromatic rings. The number of hydrogen-bond donors (Lipinski definition) is 2. The molecule has 2 aromatic heterocycles. The highest BCUT2D eigenvalue weighted by Gasteiger charge is 2.16. The van der Waals surface area contributed by atoms with Gasteiger partial charge in [0.05, 0.1) is 0 Å². The highest BCUT2D eigenvalue weighted by molar-refractivity contribution is 9.10. The second-order valence-corrected chi connectivity index (χ2v) is 6.56. The van der Waals surface area contributed by atoms with E-state index in [2.05, 4.69) is 36.5 Å². The molecular weight excluding hydrogens is 404 g/mol. The Hall–Kier alpha value is -2.44. The molecule has 1 amide bonds. The Morgan fingerprint density at radius 3 is 2.52 bits per heavy atom. The zero-order valence-electron chi connectivity index (χ0n) is 13.0. The molecule has 0 aliphatic rings. The fourth-order valence-corrected chi connectivity index (χ4v) is 2.54. The van der Waals surface area contributed by atoms with E-state index in [-0.39, 0.29) is 5.91 Å². The number of benzene rings is 1. The SMILES string of the molecule is O=C(NC(Nc1ccc(Cl)cc1)c1cccnc1)c1ccc(Br)cn1. The van der Waals surface area contributed by atoms with E-state index in [1.807, 2.05) is 24.3 Å². The van der Waals surface area contributed by atoms with Crippen LogP contribution in [0.25, 0.3) is 0 Å². The minimum Gasteiger partial charge on any atom is -0.362 e. The lowest BCUT2D eigenvalue weighted by Crippen LogP contribution is -2.34. The second-order valence-electron chi connectivity index (χ2n) is 5.21. The largest absolute Gasteiger partial charge is 0.362 e. The van der Waals surface area contributed by atoms with Crippen molar-refractivity contribution in [1.82, 2.24) is 15.3 Å². The monoisotopic (exact) mass is 416 g/mol. The van der Waals surface area contributed by atoms with Crippen molar-refractivity contribution < 1.29 is 4.79 Å². The summed E-state index contributed by atoms with van der Waals surface area (Å²) in [5, 5.41) is 6.84. The molecule has 0 fully saturated rings. The summed E-state index contributed by atoms with van der Waals surface area (Å²) in [6.07, 6.45) is 4.50. The Bertz CT molecular complexity index is 841. The molecule has 0 saturated heterocycles. The maximum absolute atomic E-state index is 12.5. The van der Waals surface area contributed by atoms with Crippen molar-refractivity contribution in [3.63, 3.8) is 0 Å². The van der Waals surface area contributed by atoms with E-state index in [0.717, 1.165) is 15.7 Å². The van der Waals surface area contributed by atoms with Gasteiger partial charge < -0.3 is 10.6 Å². The van der Waals surface area contributed by atoms with Crippen LogP contribution < -0.4 is 10.6 Å². The van der Waals surface area contributed by atoms with Crippen molar-refractivity contribution in [1.29, 1.82) is 0 Å². The first kappa shape index (κ1) is 17.4. The van der Waals surface area contributed by atoms with E-state index >= 15 is 0 Å². The maximum Gasteiger partial charge on any atom is 0.271 e. The van der Waals surface area contributed by atoms with Gasteiger partial charge in [-0.15, -0.1) is 0 Å². The summed E-state index contributed by atoms with van der Waals surface area (Å²) in [5.74, 6) is -0.289. The predicted octanol–water partition coefficient (Wildman–Crippen LogP) is 4.43. The van der Waals surface area contributed by atoms with Crippen molar-refractivity contribution in [2.45, 2.75) is 6.17 Å². The molecule has 0 spiro atoms. The van der Waals surface area contributed by atoms with Gasteiger partial charge in [0.25, 0.3) is 5.91 Å². The summed E-state index contributed by atoms with van der Waals surface area (Å²) in [5.41, 5.74) is 1.97.